The molecule has 20 heavy (non-hydrogen) atoms. The minimum absolute atomic E-state index is 0.636. The van der Waals surface area contributed by atoms with Crippen molar-refractivity contribution in [1.29, 1.82) is 0 Å². The molecule has 2 rings (SSSR count). The van der Waals surface area contributed by atoms with E-state index >= 15 is 0 Å². The Balaban J connectivity index is 2.47. The fourth-order valence-corrected chi connectivity index (χ4v) is 2.42. The molecular formula is C15H19BrN2O2. The van der Waals surface area contributed by atoms with Crippen LogP contribution in [0, 0.1) is 0 Å². The van der Waals surface area contributed by atoms with Gasteiger partial charge in [-0.15, -0.1) is 0 Å². The van der Waals surface area contributed by atoms with E-state index in [0.29, 0.717) is 6.61 Å². The molecule has 1 aromatic carbocycles. The van der Waals surface area contributed by atoms with Gasteiger partial charge < -0.3 is 9.47 Å². The van der Waals surface area contributed by atoms with Crippen molar-refractivity contribution in [3.05, 3.63) is 34.4 Å². The molecule has 0 aliphatic carbocycles. The topological polar surface area (TPSA) is 36.3 Å². The summed E-state index contributed by atoms with van der Waals surface area (Å²) in [4.78, 5) is 0. The Labute approximate surface area is 127 Å². The second-order valence-electron chi connectivity index (χ2n) is 4.44. The van der Waals surface area contributed by atoms with E-state index in [4.69, 9.17) is 9.47 Å². The van der Waals surface area contributed by atoms with E-state index in [9.17, 15) is 0 Å². The molecule has 0 aliphatic rings. The summed E-state index contributed by atoms with van der Waals surface area (Å²) in [6.45, 7) is 3.47. The molecule has 1 heterocycles. The predicted molar refractivity (Wildman–Crippen MR) is 83.2 cm³/mol. The van der Waals surface area contributed by atoms with Gasteiger partial charge in [0.1, 0.15) is 5.75 Å². The average molecular weight is 339 g/mol. The minimum Gasteiger partial charge on any atom is -0.496 e. The summed E-state index contributed by atoms with van der Waals surface area (Å²) in [6.07, 6.45) is 0.909. The number of benzene rings is 1. The molecule has 0 N–H and O–H groups in total. The quantitative estimate of drug-likeness (QED) is 0.808. The number of ether oxygens (including phenoxy) is 2. The van der Waals surface area contributed by atoms with Crippen LogP contribution >= 0.6 is 15.9 Å². The van der Waals surface area contributed by atoms with Crippen molar-refractivity contribution in [2.24, 2.45) is 0 Å². The van der Waals surface area contributed by atoms with Crippen LogP contribution in [0.1, 0.15) is 12.6 Å². The highest BCUT2D eigenvalue weighted by molar-refractivity contribution is 9.10. The summed E-state index contributed by atoms with van der Waals surface area (Å²) >= 11 is 3.47. The lowest BCUT2D eigenvalue weighted by Crippen LogP contribution is -2.08. The Morgan fingerprint density at radius 1 is 1.25 bits per heavy atom. The highest BCUT2D eigenvalue weighted by Gasteiger charge is 2.13. The zero-order valence-electron chi connectivity index (χ0n) is 12.0. The van der Waals surface area contributed by atoms with E-state index in [0.717, 1.165) is 40.1 Å². The summed E-state index contributed by atoms with van der Waals surface area (Å²) in [5.41, 5.74) is 3.17. The lowest BCUT2D eigenvalue weighted by Gasteiger charge is -2.11. The fourth-order valence-electron chi connectivity index (χ4n) is 2.08. The summed E-state index contributed by atoms with van der Waals surface area (Å²) < 4.78 is 13.6. The zero-order chi connectivity index (χ0) is 14.5. The molecule has 4 nitrogen and oxygen atoms in total. The Morgan fingerprint density at radius 3 is 2.70 bits per heavy atom. The molecule has 0 bridgehead atoms. The molecule has 0 unspecified atom stereocenters. The number of methoxy groups -OCH3 is 2. The first-order valence-electron chi connectivity index (χ1n) is 6.59. The third-order valence-corrected chi connectivity index (χ3v) is 3.63. The van der Waals surface area contributed by atoms with Gasteiger partial charge in [-0.25, -0.2) is 0 Å². The standard InChI is InChI=1S/C15H19BrN2O2/c1-4-12-10-14(18(17-12)7-8-19-2)13-6-5-11(16)9-15(13)20-3/h5-6,9-10H,4,7-8H2,1-3H3. The van der Waals surface area contributed by atoms with Crippen molar-refractivity contribution in [3.8, 4) is 17.0 Å². The Bertz CT molecular complexity index is 581. The number of aryl methyl sites for hydroxylation is 1. The van der Waals surface area contributed by atoms with Gasteiger partial charge >= 0.3 is 0 Å². The van der Waals surface area contributed by atoms with Crippen molar-refractivity contribution >= 4 is 15.9 Å². The smallest absolute Gasteiger partial charge is 0.129 e. The van der Waals surface area contributed by atoms with Crippen LogP contribution in [0.3, 0.4) is 0 Å². The normalized spacial score (nSPS) is 10.8. The van der Waals surface area contributed by atoms with Gasteiger partial charge in [0.25, 0.3) is 0 Å². The molecule has 0 atom stereocenters. The maximum Gasteiger partial charge on any atom is 0.129 e. The van der Waals surface area contributed by atoms with Crippen LogP contribution in [-0.4, -0.2) is 30.6 Å². The third kappa shape index (κ3) is 3.22. The maximum absolute atomic E-state index is 5.48. The van der Waals surface area contributed by atoms with Gasteiger partial charge in [-0.05, 0) is 30.7 Å². The van der Waals surface area contributed by atoms with Gasteiger partial charge in [0.2, 0.25) is 0 Å². The molecule has 108 valence electrons. The Kier molecular flexibility index (Phi) is 5.20. The van der Waals surface area contributed by atoms with Crippen LogP contribution < -0.4 is 4.74 Å². The van der Waals surface area contributed by atoms with Crippen molar-refractivity contribution < 1.29 is 9.47 Å². The van der Waals surface area contributed by atoms with Crippen LogP contribution in [0.2, 0.25) is 0 Å². The number of rotatable bonds is 6. The molecule has 0 amide bonds. The Morgan fingerprint density at radius 2 is 2.05 bits per heavy atom. The van der Waals surface area contributed by atoms with Gasteiger partial charge in [-0.3, -0.25) is 4.68 Å². The molecule has 0 aliphatic heterocycles. The molecular weight excluding hydrogens is 320 g/mol. The zero-order valence-corrected chi connectivity index (χ0v) is 13.6. The minimum atomic E-state index is 0.636. The second-order valence-corrected chi connectivity index (χ2v) is 5.35. The number of aromatic nitrogens is 2. The van der Waals surface area contributed by atoms with Crippen LogP contribution in [0.4, 0.5) is 0 Å². The fraction of sp³-hybridized carbons (Fsp3) is 0.400. The van der Waals surface area contributed by atoms with Crippen LogP contribution in [0.25, 0.3) is 11.3 Å². The number of nitrogens with zero attached hydrogens (tertiary/aromatic N) is 2. The maximum atomic E-state index is 5.48. The van der Waals surface area contributed by atoms with Crippen molar-refractivity contribution in [2.45, 2.75) is 19.9 Å². The second kappa shape index (κ2) is 6.90. The van der Waals surface area contributed by atoms with Crippen molar-refractivity contribution in [2.75, 3.05) is 20.8 Å². The summed E-state index contributed by atoms with van der Waals surface area (Å²) in [6, 6.07) is 8.13. The first kappa shape index (κ1) is 15.1. The Hall–Kier alpha value is -1.33. The van der Waals surface area contributed by atoms with E-state index < -0.39 is 0 Å². The number of hydrogen-bond acceptors (Lipinski definition) is 3. The lowest BCUT2D eigenvalue weighted by atomic mass is 10.1. The van der Waals surface area contributed by atoms with E-state index in [1.807, 2.05) is 22.9 Å². The van der Waals surface area contributed by atoms with Gasteiger partial charge in [0.15, 0.2) is 0 Å². The predicted octanol–water partition coefficient (Wildman–Crippen LogP) is 3.53. The third-order valence-electron chi connectivity index (χ3n) is 3.14. The summed E-state index contributed by atoms with van der Waals surface area (Å²) in [5.74, 6) is 0.834. The van der Waals surface area contributed by atoms with Crippen LogP contribution in [0.15, 0.2) is 28.7 Å². The van der Waals surface area contributed by atoms with Crippen molar-refractivity contribution in [1.82, 2.24) is 9.78 Å². The number of halogens is 1. The largest absolute Gasteiger partial charge is 0.496 e. The lowest BCUT2D eigenvalue weighted by molar-refractivity contribution is 0.184. The van der Waals surface area contributed by atoms with Gasteiger partial charge in [-0.1, -0.05) is 22.9 Å². The highest BCUT2D eigenvalue weighted by Crippen LogP contribution is 2.33. The van der Waals surface area contributed by atoms with Gasteiger partial charge in [-0.2, -0.15) is 5.10 Å². The van der Waals surface area contributed by atoms with Gasteiger partial charge in [0, 0.05) is 17.1 Å². The van der Waals surface area contributed by atoms with Gasteiger partial charge in [0.05, 0.1) is 31.6 Å². The van der Waals surface area contributed by atoms with E-state index in [1.54, 1.807) is 14.2 Å². The van der Waals surface area contributed by atoms with E-state index in [2.05, 4.69) is 34.0 Å². The van der Waals surface area contributed by atoms with E-state index in [-0.39, 0.29) is 0 Å². The SMILES string of the molecule is CCc1cc(-c2ccc(Br)cc2OC)n(CCOC)n1. The van der Waals surface area contributed by atoms with Crippen LogP contribution in [0.5, 0.6) is 5.75 Å². The number of hydrogen-bond donors (Lipinski definition) is 0. The summed E-state index contributed by atoms with van der Waals surface area (Å²) in [5, 5.41) is 4.61. The molecule has 1 aromatic heterocycles. The monoisotopic (exact) mass is 338 g/mol. The van der Waals surface area contributed by atoms with E-state index in [1.165, 1.54) is 0 Å². The summed E-state index contributed by atoms with van der Waals surface area (Å²) in [7, 11) is 3.38. The average Bonchev–Trinajstić information content (AvgIpc) is 2.88. The molecule has 0 radical (unpaired) electrons. The molecule has 0 spiro atoms. The molecule has 2 aromatic rings. The first-order valence-corrected chi connectivity index (χ1v) is 7.38. The first-order chi connectivity index (χ1) is 9.69. The van der Waals surface area contributed by atoms with Crippen molar-refractivity contribution in [3.63, 3.8) is 0 Å². The molecule has 0 saturated heterocycles. The molecule has 5 heteroatoms. The molecule has 0 fully saturated rings. The molecule has 0 saturated carbocycles. The van der Waals surface area contributed by atoms with Crippen LogP contribution in [-0.2, 0) is 17.7 Å². The highest BCUT2D eigenvalue weighted by atomic mass is 79.9.